The number of rotatable bonds is 4. The molecule has 0 rings (SSSR count). The lowest BCUT2D eigenvalue weighted by molar-refractivity contribution is 0.0345. The van der Waals surface area contributed by atoms with Gasteiger partial charge in [0, 0.05) is 0 Å². The summed E-state index contributed by atoms with van der Waals surface area (Å²) in [6.07, 6.45) is -1.20. The van der Waals surface area contributed by atoms with E-state index < -0.39 is 27.5 Å². The van der Waals surface area contributed by atoms with Gasteiger partial charge in [0.1, 0.15) is 12.7 Å². The van der Waals surface area contributed by atoms with Gasteiger partial charge in [-0.2, -0.15) is 19.2 Å². The summed E-state index contributed by atoms with van der Waals surface area (Å²) in [5.41, 5.74) is 0. The van der Waals surface area contributed by atoms with Crippen molar-refractivity contribution in [1.82, 2.24) is 0 Å². The van der Waals surface area contributed by atoms with Crippen molar-refractivity contribution in [2.45, 2.75) is 6.10 Å². The quantitative estimate of drug-likeness (QED) is 0.315. The third-order valence-corrected chi connectivity index (χ3v) is 1.15. The molecule has 7 heteroatoms. The number of hydrogen-bond acceptors (Lipinski definition) is 6. The molecule has 5 N–H and O–H groups in total. The molecule has 0 fully saturated rings. The molecule has 0 saturated carbocycles. The Morgan fingerprint density at radius 2 is 1.80 bits per heavy atom. The van der Waals surface area contributed by atoms with E-state index in [2.05, 4.69) is 4.52 Å². The van der Waals surface area contributed by atoms with Crippen molar-refractivity contribution in [3.63, 3.8) is 0 Å². The predicted molar refractivity (Wildman–Crippen MR) is 32.6 cm³/mol. The summed E-state index contributed by atoms with van der Waals surface area (Å²) >= 11 is 0. The van der Waals surface area contributed by atoms with Gasteiger partial charge in [-0.05, 0) is 0 Å². The van der Waals surface area contributed by atoms with Gasteiger partial charge in [0.05, 0.1) is 6.61 Å². The normalized spacial score (nSPS) is 15.3. The van der Waals surface area contributed by atoms with Crippen LogP contribution in [0.1, 0.15) is 0 Å². The Kier molecular flexibility index (Phi) is 4.23. The van der Waals surface area contributed by atoms with Crippen molar-refractivity contribution in [3.8, 4) is 0 Å². The standard InChI is InChI=1S/C3H10O6P/c4-1-3(5)2-9-10(6,7)8/h3-8H,1-2H2/q+1. The molecule has 0 bridgehead atoms. The van der Waals surface area contributed by atoms with Crippen LogP contribution in [0, 0.1) is 0 Å². The molecule has 6 nitrogen and oxygen atoms in total. The lowest BCUT2D eigenvalue weighted by atomic mass is 10.4. The third kappa shape index (κ3) is 6.31. The molecule has 0 aromatic carbocycles. The molecule has 0 aliphatic heterocycles. The minimum atomic E-state index is -4.25. The fourth-order valence-corrected chi connectivity index (χ4v) is 0.611. The van der Waals surface area contributed by atoms with Crippen molar-refractivity contribution in [1.29, 1.82) is 0 Å². The Bertz CT molecular complexity index is 89.5. The van der Waals surface area contributed by atoms with Crippen LogP contribution < -0.4 is 0 Å². The topological polar surface area (TPSA) is 110 Å². The monoisotopic (exact) mass is 173 g/mol. The lowest BCUT2D eigenvalue weighted by Gasteiger charge is -2.05. The second-order valence-electron chi connectivity index (χ2n) is 1.65. The molecule has 0 amide bonds. The summed E-state index contributed by atoms with van der Waals surface area (Å²) in [5.74, 6) is 0. The van der Waals surface area contributed by atoms with Crippen LogP contribution in [-0.2, 0) is 4.52 Å². The molecular weight excluding hydrogens is 163 g/mol. The van der Waals surface area contributed by atoms with Gasteiger partial charge in [0.2, 0.25) is 0 Å². The van der Waals surface area contributed by atoms with Crippen LogP contribution in [0.15, 0.2) is 0 Å². The van der Waals surface area contributed by atoms with Crippen LogP contribution >= 0.6 is 8.17 Å². The zero-order valence-electron chi connectivity index (χ0n) is 5.08. The van der Waals surface area contributed by atoms with Gasteiger partial charge in [-0.25, -0.2) is 0 Å². The second kappa shape index (κ2) is 4.15. The minimum absolute atomic E-state index is 0.506. The first kappa shape index (κ1) is 10.2. The summed E-state index contributed by atoms with van der Waals surface area (Å²) in [6, 6.07) is 0. The summed E-state index contributed by atoms with van der Waals surface area (Å²) in [6.45, 7) is -1.06. The van der Waals surface area contributed by atoms with E-state index in [4.69, 9.17) is 24.9 Å². The van der Waals surface area contributed by atoms with Crippen molar-refractivity contribution < 1.29 is 29.4 Å². The molecule has 1 atom stereocenters. The van der Waals surface area contributed by atoms with Crippen LogP contribution in [0.5, 0.6) is 0 Å². The van der Waals surface area contributed by atoms with Crippen LogP contribution in [0.2, 0.25) is 0 Å². The molecular formula is C3H10O6P+. The van der Waals surface area contributed by atoms with Crippen LogP contribution in [0.25, 0.3) is 0 Å². The molecule has 0 radical (unpaired) electrons. The van der Waals surface area contributed by atoms with Gasteiger partial charge in [-0.1, -0.05) is 0 Å². The van der Waals surface area contributed by atoms with Crippen LogP contribution in [0.4, 0.5) is 0 Å². The Morgan fingerprint density at radius 3 is 2.10 bits per heavy atom. The summed E-state index contributed by atoms with van der Waals surface area (Å²) in [4.78, 5) is 24.5. The number of aliphatic hydroxyl groups is 2. The molecule has 62 valence electrons. The van der Waals surface area contributed by atoms with E-state index in [0.717, 1.165) is 0 Å². The number of hydrogen-bond donors (Lipinski definition) is 5. The highest BCUT2D eigenvalue weighted by Crippen LogP contribution is 2.45. The van der Waals surface area contributed by atoms with Crippen molar-refractivity contribution in [3.05, 3.63) is 0 Å². The molecule has 0 aliphatic rings. The highest BCUT2D eigenvalue weighted by Gasteiger charge is 2.33. The fourth-order valence-electron chi connectivity index (χ4n) is 0.239. The van der Waals surface area contributed by atoms with Gasteiger partial charge >= 0.3 is 8.17 Å². The average molecular weight is 173 g/mol. The summed E-state index contributed by atoms with van der Waals surface area (Å²) in [7, 11) is -4.25. The maximum Gasteiger partial charge on any atom is 0.567 e. The van der Waals surface area contributed by atoms with Gasteiger partial charge < -0.3 is 10.2 Å². The zero-order valence-corrected chi connectivity index (χ0v) is 5.98. The maximum absolute atomic E-state index is 8.53. The Morgan fingerprint density at radius 1 is 1.30 bits per heavy atom. The highest BCUT2D eigenvalue weighted by atomic mass is 31.2. The molecule has 0 saturated heterocycles. The summed E-state index contributed by atoms with van der Waals surface area (Å²) in [5, 5.41) is 16.7. The molecule has 10 heavy (non-hydrogen) atoms. The van der Waals surface area contributed by atoms with Gasteiger partial charge in [0.25, 0.3) is 0 Å². The molecule has 0 heterocycles. The number of aliphatic hydroxyl groups excluding tert-OH is 2. The Balaban J connectivity index is 3.36. The van der Waals surface area contributed by atoms with Crippen LogP contribution in [0.3, 0.4) is 0 Å². The van der Waals surface area contributed by atoms with Gasteiger partial charge in [-0.3, -0.25) is 0 Å². The largest absolute Gasteiger partial charge is 0.567 e. The first-order valence-electron chi connectivity index (χ1n) is 2.46. The molecule has 0 aromatic rings. The maximum atomic E-state index is 8.53. The fraction of sp³-hybridized carbons (Fsp3) is 1.00. The van der Waals surface area contributed by atoms with E-state index in [0.29, 0.717) is 0 Å². The predicted octanol–water partition coefficient (Wildman–Crippen LogP) is -1.99. The molecule has 1 unspecified atom stereocenters. The van der Waals surface area contributed by atoms with E-state index in [9.17, 15) is 0 Å². The van der Waals surface area contributed by atoms with E-state index in [1.54, 1.807) is 0 Å². The van der Waals surface area contributed by atoms with Gasteiger partial charge in [-0.15, -0.1) is 0 Å². The second-order valence-corrected chi connectivity index (χ2v) is 2.93. The van der Waals surface area contributed by atoms with E-state index in [1.807, 2.05) is 0 Å². The minimum Gasteiger partial charge on any atom is -0.394 e. The highest BCUT2D eigenvalue weighted by molar-refractivity contribution is 7.53. The average Bonchev–Trinajstić information content (AvgIpc) is 1.81. The first-order valence-corrected chi connectivity index (χ1v) is 4.03. The Hall–Kier alpha value is 0.190. The van der Waals surface area contributed by atoms with Crippen LogP contribution in [-0.4, -0.2) is 44.2 Å². The van der Waals surface area contributed by atoms with Crippen molar-refractivity contribution in [2.75, 3.05) is 13.2 Å². The van der Waals surface area contributed by atoms with E-state index in [1.165, 1.54) is 0 Å². The third-order valence-electron chi connectivity index (χ3n) is 0.651. The van der Waals surface area contributed by atoms with Crippen molar-refractivity contribution >= 4 is 8.17 Å². The van der Waals surface area contributed by atoms with Gasteiger partial charge in [0.15, 0.2) is 0 Å². The van der Waals surface area contributed by atoms with E-state index >= 15 is 0 Å². The smallest absolute Gasteiger partial charge is 0.394 e. The molecule has 0 aromatic heterocycles. The first-order chi connectivity index (χ1) is 4.45. The SMILES string of the molecule is OCC(O)CO[P+](O)(O)O. The lowest BCUT2D eigenvalue weighted by Crippen LogP contribution is -2.19. The van der Waals surface area contributed by atoms with Crippen molar-refractivity contribution in [2.24, 2.45) is 0 Å². The molecule has 0 aliphatic carbocycles. The zero-order chi connectivity index (χ0) is 8.20. The Labute approximate surface area is 58.0 Å². The molecule has 0 spiro atoms. The summed E-state index contributed by atoms with van der Waals surface area (Å²) < 4.78 is 3.95. The van der Waals surface area contributed by atoms with E-state index in [-0.39, 0.29) is 0 Å².